The van der Waals surface area contributed by atoms with E-state index in [0.717, 1.165) is 75.2 Å². The molecule has 0 N–H and O–H groups in total. The van der Waals surface area contributed by atoms with Crippen LogP contribution in [-0.4, -0.2) is 25.5 Å². The first-order valence-electron chi connectivity index (χ1n) is 14.3. The quantitative estimate of drug-likeness (QED) is 0.139. The number of allylic oxidation sites excluding steroid dienone is 3. The number of rotatable bonds is 15. The van der Waals surface area contributed by atoms with E-state index in [4.69, 9.17) is 4.74 Å². The third-order valence-electron chi connectivity index (χ3n) is 7.49. The SMILES string of the molecule is C=CCC(C/C=C/CCCC)CCN1C[C@@H](CCCc2cccc(C)c2)COc2ccc(C(C)=O)cc21. The molecule has 2 aromatic carbocycles. The van der Waals surface area contributed by atoms with Gasteiger partial charge in [0.25, 0.3) is 0 Å². The summed E-state index contributed by atoms with van der Waals surface area (Å²) in [5.41, 5.74) is 4.57. The fraction of sp³-hybridized carbons (Fsp3) is 0.500. The van der Waals surface area contributed by atoms with Crippen LogP contribution in [0.25, 0.3) is 0 Å². The Hall–Kier alpha value is -2.81. The number of carbonyl (C=O) groups excluding carboxylic acids is 1. The van der Waals surface area contributed by atoms with E-state index >= 15 is 0 Å². The maximum absolute atomic E-state index is 12.2. The molecule has 2 aromatic rings. The highest BCUT2D eigenvalue weighted by atomic mass is 16.5. The van der Waals surface area contributed by atoms with Crippen molar-refractivity contribution < 1.29 is 9.53 Å². The van der Waals surface area contributed by atoms with Crippen LogP contribution >= 0.6 is 0 Å². The molecule has 0 aromatic heterocycles. The molecule has 1 heterocycles. The Morgan fingerprint density at radius 3 is 2.78 bits per heavy atom. The van der Waals surface area contributed by atoms with Gasteiger partial charge in [-0.3, -0.25) is 4.79 Å². The normalized spacial score (nSPS) is 16.2. The van der Waals surface area contributed by atoms with Crippen molar-refractivity contribution in [1.29, 1.82) is 0 Å². The number of nitrogens with zero attached hydrogens (tertiary/aromatic N) is 1. The van der Waals surface area contributed by atoms with Crippen molar-refractivity contribution in [2.24, 2.45) is 11.8 Å². The Kier molecular flexibility index (Phi) is 12.0. The summed E-state index contributed by atoms with van der Waals surface area (Å²) in [4.78, 5) is 14.6. The first kappa shape index (κ1) is 28.8. The average molecular weight is 502 g/mol. The summed E-state index contributed by atoms with van der Waals surface area (Å²) in [5, 5.41) is 0. The number of hydrogen-bond donors (Lipinski definition) is 0. The fourth-order valence-electron chi connectivity index (χ4n) is 5.26. The highest BCUT2D eigenvalue weighted by molar-refractivity contribution is 5.95. The van der Waals surface area contributed by atoms with Crippen LogP contribution in [-0.2, 0) is 6.42 Å². The summed E-state index contributed by atoms with van der Waals surface area (Å²) in [6.07, 6.45) is 17.1. The molecule has 3 nitrogen and oxygen atoms in total. The van der Waals surface area contributed by atoms with Gasteiger partial charge in [0, 0.05) is 24.6 Å². The van der Waals surface area contributed by atoms with E-state index in [1.807, 2.05) is 18.2 Å². The monoisotopic (exact) mass is 501 g/mol. The summed E-state index contributed by atoms with van der Waals surface area (Å²) >= 11 is 0. The zero-order valence-corrected chi connectivity index (χ0v) is 23.4. The minimum Gasteiger partial charge on any atom is -0.491 e. The molecule has 3 heteroatoms. The van der Waals surface area contributed by atoms with Crippen LogP contribution in [0.1, 0.15) is 86.7 Å². The van der Waals surface area contributed by atoms with Crippen LogP contribution in [0.2, 0.25) is 0 Å². The summed E-state index contributed by atoms with van der Waals surface area (Å²) in [6, 6.07) is 14.8. The van der Waals surface area contributed by atoms with Gasteiger partial charge in [-0.2, -0.15) is 0 Å². The predicted molar refractivity (Wildman–Crippen MR) is 158 cm³/mol. The minimum atomic E-state index is 0.100. The Balaban J connectivity index is 1.68. The molecule has 0 fully saturated rings. The molecular weight excluding hydrogens is 454 g/mol. The van der Waals surface area contributed by atoms with E-state index in [1.165, 1.54) is 30.4 Å². The number of benzene rings is 2. The van der Waals surface area contributed by atoms with E-state index in [2.05, 4.69) is 67.8 Å². The van der Waals surface area contributed by atoms with E-state index in [0.29, 0.717) is 11.8 Å². The zero-order chi connectivity index (χ0) is 26.5. The van der Waals surface area contributed by atoms with Crippen LogP contribution in [0.15, 0.2) is 67.3 Å². The highest BCUT2D eigenvalue weighted by Gasteiger charge is 2.24. The molecule has 1 aliphatic heterocycles. The van der Waals surface area contributed by atoms with E-state index in [-0.39, 0.29) is 5.78 Å². The molecule has 2 atom stereocenters. The molecule has 0 saturated carbocycles. The van der Waals surface area contributed by atoms with Crippen LogP contribution < -0.4 is 9.64 Å². The molecular formula is C34H47NO2. The summed E-state index contributed by atoms with van der Waals surface area (Å²) in [5.74, 6) is 2.05. The van der Waals surface area contributed by atoms with E-state index in [9.17, 15) is 4.79 Å². The number of anilines is 1. The number of ether oxygens (including phenoxy) is 1. The summed E-state index contributed by atoms with van der Waals surface area (Å²) in [7, 11) is 0. The Morgan fingerprint density at radius 2 is 2.03 bits per heavy atom. The van der Waals surface area contributed by atoms with Crippen molar-refractivity contribution in [3.05, 3.63) is 84.0 Å². The smallest absolute Gasteiger partial charge is 0.159 e. The van der Waals surface area contributed by atoms with Gasteiger partial charge in [0.15, 0.2) is 5.78 Å². The number of ketones is 1. The largest absolute Gasteiger partial charge is 0.491 e. The number of aryl methyl sites for hydroxylation is 2. The molecule has 0 saturated heterocycles. The van der Waals surface area contributed by atoms with E-state index < -0.39 is 0 Å². The maximum Gasteiger partial charge on any atom is 0.159 e. The number of unbranched alkanes of at least 4 members (excludes halogenated alkanes) is 2. The summed E-state index contributed by atoms with van der Waals surface area (Å²) < 4.78 is 6.32. The molecule has 0 radical (unpaired) electrons. The van der Waals surface area contributed by atoms with Crippen LogP contribution in [0.5, 0.6) is 5.75 Å². The molecule has 0 bridgehead atoms. The van der Waals surface area contributed by atoms with Crippen LogP contribution in [0, 0.1) is 18.8 Å². The number of hydrogen-bond acceptors (Lipinski definition) is 3. The molecule has 37 heavy (non-hydrogen) atoms. The minimum absolute atomic E-state index is 0.100. The van der Waals surface area contributed by atoms with Crippen LogP contribution in [0.4, 0.5) is 5.69 Å². The molecule has 0 aliphatic carbocycles. The second kappa shape index (κ2) is 15.4. The third-order valence-corrected chi connectivity index (χ3v) is 7.49. The molecule has 0 spiro atoms. The van der Waals surface area contributed by atoms with Gasteiger partial charge in [0.05, 0.1) is 12.3 Å². The number of carbonyl (C=O) groups is 1. The lowest BCUT2D eigenvalue weighted by molar-refractivity contribution is 0.101. The average Bonchev–Trinajstić information content (AvgIpc) is 3.06. The van der Waals surface area contributed by atoms with Gasteiger partial charge in [-0.25, -0.2) is 0 Å². The van der Waals surface area contributed by atoms with Gasteiger partial charge in [0.2, 0.25) is 0 Å². The lowest BCUT2D eigenvalue weighted by Gasteiger charge is -2.28. The second-order valence-corrected chi connectivity index (χ2v) is 10.8. The van der Waals surface area contributed by atoms with Crippen molar-refractivity contribution in [3.8, 4) is 5.75 Å². The Labute approximate surface area is 225 Å². The predicted octanol–water partition coefficient (Wildman–Crippen LogP) is 8.75. The zero-order valence-electron chi connectivity index (χ0n) is 23.4. The molecule has 1 aliphatic rings. The lowest BCUT2D eigenvalue weighted by Crippen LogP contribution is -2.31. The van der Waals surface area contributed by atoms with Gasteiger partial charge in [-0.05, 0) is 88.5 Å². The van der Waals surface area contributed by atoms with Crippen molar-refractivity contribution in [2.75, 3.05) is 24.6 Å². The molecule has 200 valence electrons. The lowest BCUT2D eigenvalue weighted by atomic mass is 9.95. The first-order chi connectivity index (χ1) is 18.0. The van der Waals surface area contributed by atoms with Gasteiger partial charge in [-0.15, -0.1) is 6.58 Å². The molecule has 0 amide bonds. The number of Topliss-reactive ketones (excluding diaryl/α,β-unsaturated/α-hetero) is 1. The Bertz CT molecular complexity index is 1020. The van der Waals surface area contributed by atoms with Crippen molar-refractivity contribution in [3.63, 3.8) is 0 Å². The maximum atomic E-state index is 12.2. The van der Waals surface area contributed by atoms with Crippen LogP contribution in [0.3, 0.4) is 0 Å². The van der Waals surface area contributed by atoms with Gasteiger partial charge in [-0.1, -0.05) is 67.8 Å². The topological polar surface area (TPSA) is 29.5 Å². The van der Waals surface area contributed by atoms with Crippen molar-refractivity contribution in [2.45, 2.75) is 78.6 Å². The molecule has 1 unspecified atom stereocenters. The van der Waals surface area contributed by atoms with Gasteiger partial charge >= 0.3 is 0 Å². The summed E-state index contributed by atoms with van der Waals surface area (Å²) in [6.45, 7) is 12.7. The first-order valence-corrected chi connectivity index (χ1v) is 14.3. The van der Waals surface area contributed by atoms with Crippen molar-refractivity contribution >= 4 is 11.5 Å². The molecule has 3 rings (SSSR count). The third kappa shape index (κ3) is 9.54. The Morgan fingerprint density at radius 1 is 1.16 bits per heavy atom. The second-order valence-electron chi connectivity index (χ2n) is 10.8. The van der Waals surface area contributed by atoms with E-state index in [1.54, 1.807) is 6.92 Å². The fourth-order valence-corrected chi connectivity index (χ4v) is 5.26. The van der Waals surface area contributed by atoms with Crippen molar-refractivity contribution in [1.82, 2.24) is 0 Å². The highest BCUT2D eigenvalue weighted by Crippen LogP contribution is 2.35. The standard InChI is InChI=1S/C34H47NO2/c1-5-7-8-9-10-15-29(13-6-2)21-22-35-25-31(18-12-17-30-16-11-14-27(3)23-30)26-37-34-20-19-32(28(4)36)24-33(34)35/h6,9-11,14,16,19-20,23-24,29,31H,2,5,7-8,12-13,15,17-18,21-22,25-26H2,1,3-4H3/b10-9+/t29?,31-/m1/s1. The van der Waals surface area contributed by atoms with Gasteiger partial charge < -0.3 is 9.64 Å². The van der Waals surface area contributed by atoms with Gasteiger partial charge in [0.1, 0.15) is 5.75 Å². The number of fused-ring (bicyclic) bond motifs is 1.